The molecular formula is C11H8Na2O6S2. The first-order chi connectivity index (χ1) is 8.62. The van der Waals surface area contributed by atoms with Gasteiger partial charge < -0.3 is 9.11 Å². The third-order valence-corrected chi connectivity index (χ3v) is 4.48. The van der Waals surface area contributed by atoms with Gasteiger partial charge in [0.05, 0.1) is 9.79 Å². The van der Waals surface area contributed by atoms with Crippen LogP contribution < -0.4 is 59.1 Å². The molecule has 0 spiro atoms. The first kappa shape index (κ1) is 21.5. The standard InChI is InChI=1S/C11H10O6S2.2Na/c1-7-5-6-9(18(12,13)14)8-3-2-4-10(11(7)8)19(15,16)17;;/h2-6H,1H3,(H,12,13,14)(H,15,16,17);;/q;2*+1/p-2. The van der Waals surface area contributed by atoms with E-state index in [2.05, 4.69) is 0 Å². The SMILES string of the molecule is Cc1ccc(S(=O)(=O)[O-])c2cccc(S(=O)(=O)[O-])c12.[Na+].[Na+]. The van der Waals surface area contributed by atoms with Crippen molar-refractivity contribution in [2.24, 2.45) is 0 Å². The molecule has 0 saturated heterocycles. The van der Waals surface area contributed by atoms with E-state index in [0.29, 0.717) is 5.56 Å². The van der Waals surface area contributed by atoms with E-state index in [0.717, 1.165) is 12.1 Å². The zero-order chi connectivity index (χ0) is 14.4. The molecule has 10 heteroatoms. The molecule has 0 unspecified atom stereocenters. The van der Waals surface area contributed by atoms with Gasteiger partial charge in [0.15, 0.2) is 0 Å². The summed E-state index contributed by atoms with van der Waals surface area (Å²) in [5.74, 6) is 0. The summed E-state index contributed by atoms with van der Waals surface area (Å²) in [7, 11) is -9.52. The molecule has 0 aromatic heterocycles. The topological polar surface area (TPSA) is 114 Å². The molecule has 0 aliphatic heterocycles. The van der Waals surface area contributed by atoms with Crippen molar-refractivity contribution >= 4 is 31.0 Å². The third-order valence-electron chi connectivity index (χ3n) is 2.71. The Kier molecular flexibility index (Phi) is 7.58. The van der Waals surface area contributed by atoms with Crippen LogP contribution in [0.25, 0.3) is 10.8 Å². The van der Waals surface area contributed by atoms with Crippen LogP contribution in [-0.2, 0) is 20.2 Å². The molecule has 0 amide bonds. The Morgan fingerprint density at radius 3 is 1.81 bits per heavy atom. The van der Waals surface area contributed by atoms with Crippen molar-refractivity contribution in [3.05, 3.63) is 35.9 Å². The average molecular weight is 346 g/mol. The Morgan fingerprint density at radius 2 is 1.33 bits per heavy atom. The Labute approximate surface area is 167 Å². The van der Waals surface area contributed by atoms with Gasteiger partial charge in [-0.1, -0.05) is 18.2 Å². The molecule has 0 bridgehead atoms. The van der Waals surface area contributed by atoms with Crippen molar-refractivity contribution in [3.8, 4) is 0 Å². The van der Waals surface area contributed by atoms with E-state index in [9.17, 15) is 25.9 Å². The fraction of sp³-hybridized carbons (Fsp3) is 0.0909. The summed E-state index contributed by atoms with van der Waals surface area (Å²) in [5.41, 5.74) is 0.400. The molecule has 2 rings (SSSR count). The molecule has 0 heterocycles. The van der Waals surface area contributed by atoms with Gasteiger partial charge in [-0.2, -0.15) is 0 Å². The van der Waals surface area contributed by atoms with Crippen molar-refractivity contribution in [1.29, 1.82) is 0 Å². The van der Waals surface area contributed by atoms with Gasteiger partial charge in [-0.25, -0.2) is 16.8 Å². The van der Waals surface area contributed by atoms with Crippen molar-refractivity contribution < 1.29 is 85.1 Å². The second kappa shape index (κ2) is 7.39. The molecule has 0 aliphatic rings. The van der Waals surface area contributed by atoms with Crippen LogP contribution in [-0.4, -0.2) is 25.9 Å². The maximum atomic E-state index is 11.2. The Bertz CT molecular complexity index is 875. The first-order valence-electron chi connectivity index (χ1n) is 5.06. The minimum Gasteiger partial charge on any atom is -0.744 e. The van der Waals surface area contributed by atoms with E-state index >= 15 is 0 Å². The minimum atomic E-state index is -4.76. The van der Waals surface area contributed by atoms with Gasteiger partial charge in [0.2, 0.25) is 0 Å². The molecule has 0 fully saturated rings. The van der Waals surface area contributed by atoms with Crippen LogP contribution in [0.4, 0.5) is 0 Å². The van der Waals surface area contributed by atoms with Crippen molar-refractivity contribution in [2.45, 2.75) is 16.7 Å². The molecule has 0 saturated carbocycles. The molecule has 2 aromatic carbocycles. The number of fused-ring (bicyclic) bond motifs is 1. The maximum Gasteiger partial charge on any atom is 1.00 e. The van der Waals surface area contributed by atoms with Crippen molar-refractivity contribution in [1.82, 2.24) is 0 Å². The number of hydrogen-bond donors (Lipinski definition) is 0. The van der Waals surface area contributed by atoms with E-state index < -0.39 is 30.0 Å². The summed E-state index contributed by atoms with van der Waals surface area (Å²) in [6, 6.07) is 5.99. The van der Waals surface area contributed by atoms with Gasteiger partial charge in [-0.15, -0.1) is 0 Å². The van der Waals surface area contributed by atoms with E-state index in [1.807, 2.05) is 0 Å². The zero-order valence-corrected chi connectivity index (χ0v) is 17.3. The van der Waals surface area contributed by atoms with Crippen LogP contribution in [0.15, 0.2) is 40.1 Å². The molecule has 2 aromatic rings. The molecule has 0 N–H and O–H groups in total. The van der Waals surface area contributed by atoms with Crippen LogP contribution in [0.5, 0.6) is 0 Å². The van der Waals surface area contributed by atoms with E-state index in [1.165, 1.54) is 25.1 Å². The second-order valence-corrected chi connectivity index (χ2v) is 6.66. The quantitative estimate of drug-likeness (QED) is 0.397. The Morgan fingerprint density at radius 1 is 0.810 bits per heavy atom. The van der Waals surface area contributed by atoms with Gasteiger partial charge in [-0.05, 0) is 24.6 Å². The molecule has 0 atom stereocenters. The van der Waals surface area contributed by atoms with Gasteiger partial charge >= 0.3 is 59.1 Å². The van der Waals surface area contributed by atoms with Crippen LogP contribution in [0, 0.1) is 6.92 Å². The van der Waals surface area contributed by atoms with E-state index in [1.54, 1.807) is 0 Å². The van der Waals surface area contributed by atoms with Crippen LogP contribution in [0.2, 0.25) is 0 Å². The van der Waals surface area contributed by atoms with Crippen LogP contribution in [0.3, 0.4) is 0 Å². The summed E-state index contributed by atoms with van der Waals surface area (Å²) in [6.45, 7) is 1.53. The number of benzene rings is 2. The van der Waals surface area contributed by atoms with Gasteiger partial charge in [-0.3, -0.25) is 0 Å². The summed E-state index contributed by atoms with van der Waals surface area (Å²) < 4.78 is 66.9. The molecule has 6 nitrogen and oxygen atoms in total. The van der Waals surface area contributed by atoms with Crippen LogP contribution >= 0.6 is 0 Å². The fourth-order valence-electron chi connectivity index (χ4n) is 1.94. The minimum absolute atomic E-state index is 0. The molecule has 102 valence electrons. The molecular weight excluding hydrogens is 338 g/mol. The zero-order valence-electron chi connectivity index (χ0n) is 11.7. The van der Waals surface area contributed by atoms with Crippen molar-refractivity contribution in [2.75, 3.05) is 0 Å². The number of hydrogen-bond acceptors (Lipinski definition) is 6. The summed E-state index contributed by atoms with van der Waals surface area (Å²) >= 11 is 0. The predicted molar refractivity (Wildman–Crippen MR) is 64.6 cm³/mol. The molecule has 0 radical (unpaired) electrons. The summed E-state index contributed by atoms with van der Waals surface area (Å²) in [6.07, 6.45) is 0. The van der Waals surface area contributed by atoms with Crippen LogP contribution in [0.1, 0.15) is 5.56 Å². The summed E-state index contributed by atoms with van der Waals surface area (Å²) in [4.78, 5) is -1.08. The monoisotopic (exact) mass is 346 g/mol. The van der Waals surface area contributed by atoms with Gasteiger partial charge in [0.1, 0.15) is 20.2 Å². The Balaban J connectivity index is 0.00000200. The second-order valence-electron chi connectivity index (χ2n) is 3.97. The molecule has 21 heavy (non-hydrogen) atoms. The fourth-order valence-corrected chi connectivity index (χ4v) is 3.38. The number of aryl methyl sites for hydroxylation is 1. The molecule has 0 aliphatic carbocycles. The van der Waals surface area contributed by atoms with E-state index in [-0.39, 0.29) is 69.9 Å². The number of rotatable bonds is 2. The smallest absolute Gasteiger partial charge is 0.744 e. The van der Waals surface area contributed by atoms with Crippen molar-refractivity contribution in [3.63, 3.8) is 0 Å². The van der Waals surface area contributed by atoms with Gasteiger partial charge in [0.25, 0.3) is 0 Å². The van der Waals surface area contributed by atoms with Gasteiger partial charge in [0, 0.05) is 10.8 Å². The largest absolute Gasteiger partial charge is 1.00 e. The third kappa shape index (κ3) is 4.51. The maximum absolute atomic E-state index is 11.2. The first-order valence-corrected chi connectivity index (χ1v) is 7.88. The average Bonchev–Trinajstić information content (AvgIpc) is 2.25. The predicted octanol–water partition coefficient (Wildman–Crippen LogP) is -5.04. The van der Waals surface area contributed by atoms with E-state index in [4.69, 9.17) is 0 Å². The Hall–Kier alpha value is 0.520. The normalized spacial score (nSPS) is 11.6. The summed E-state index contributed by atoms with van der Waals surface area (Å²) in [5, 5.41) is -0.0960.